The average molecular weight is 331 g/mol. The second kappa shape index (κ2) is 4.62. The summed E-state index contributed by atoms with van der Waals surface area (Å²) >= 11 is 18.5. The van der Waals surface area contributed by atoms with Crippen LogP contribution >= 0.6 is 34.8 Å². The summed E-state index contributed by atoms with van der Waals surface area (Å²) in [6, 6.07) is 8.65. The third-order valence-corrected chi connectivity index (χ3v) is 4.34. The summed E-state index contributed by atoms with van der Waals surface area (Å²) in [6.45, 7) is 0. The molecule has 0 aliphatic carbocycles. The molecule has 2 aromatic carbocycles. The smallest absolute Gasteiger partial charge is 0.254 e. The van der Waals surface area contributed by atoms with E-state index in [1.54, 1.807) is 18.2 Å². The fourth-order valence-corrected chi connectivity index (χ4v) is 3.18. The van der Waals surface area contributed by atoms with Gasteiger partial charge in [-0.1, -0.05) is 40.9 Å². The van der Waals surface area contributed by atoms with Gasteiger partial charge in [-0.25, -0.2) is 4.39 Å². The van der Waals surface area contributed by atoms with Crippen molar-refractivity contribution in [3.05, 3.63) is 63.4 Å². The molecule has 0 fully saturated rings. The molecule has 1 aliphatic heterocycles. The molecule has 0 saturated heterocycles. The fraction of sp³-hybridized carbons (Fsp3) is 0.0714. The molecule has 0 aromatic heterocycles. The lowest BCUT2D eigenvalue weighted by molar-refractivity contribution is -0.117. The van der Waals surface area contributed by atoms with Crippen molar-refractivity contribution >= 4 is 46.4 Å². The first-order chi connectivity index (χ1) is 9.42. The van der Waals surface area contributed by atoms with Crippen LogP contribution in [0.25, 0.3) is 0 Å². The second-order valence-electron chi connectivity index (χ2n) is 4.43. The number of carbonyl (C=O) groups excluding carboxylic acids is 1. The standard InChI is InChI=1S/C14H7Cl3FNO/c15-7-1-4-12-10(5-7)14(17,13(20)19-12)9-3-2-8(18)6-11(9)16/h1-6H,(H,19,20). The third-order valence-electron chi connectivity index (χ3n) is 3.22. The molecular formula is C14H7Cl3FNO. The van der Waals surface area contributed by atoms with Crippen molar-refractivity contribution in [2.24, 2.45) is 0 Å². The summed E-state index contributed by atoms with van der Waals surface area (Å²) in [5, 5.41) is 3.21. The van der Waals surface area contributed by atoms with Gasteiger partial charge in [-0.2, -0.15) is 0 Å². The van der Waals surface area contributed by atoms with Crippen molar-refractivity contribution in [3.63, 3.8) is 0 Å². The van der Waals surface area contributed by atoms with Gasteiger partial charge in [0.2, 0.25) is 0 Å². The lowest BCUT2D eigenvalue weighted by Crippen LogP contribution is -2.30. The van der Waals surface area contributed by atoms with Gasteiger partial charge in [0.1, 0.15) is 5.82 Å². The van der Waals surface area contributed by atoms with Gasteiger partial charge >= 0.3 is 0 Å². The van der Waals surface area contributed by atoms with E-state index in [9.17, 15) is 9.18 Å². The third kappa shape index (κ3) is 1.89. The fourth-order valence-electron chi connectivity index (χ4n) is 2.28. The molecule has 1 amide bonds. The van der Waals surface area contributed by atoms with Gasteiger partial charge in [0.25, 0.3) is 5.91 Å². The van der Waals surface area contributed by atoms with Crippen molar-refractivity contribution in [1.29, 1.82) is 0 Å². The highest BCUT2D eigenvalue weighted by atomic mass is 35.5. The molecule has 2 aromatic rings. The van der Waals surface area contributed by atoms with Gasteiger partial charge in [0.15, 0.2) is 4.87 Å². The Hall–Kier alpha value is -1.29. The highest BCUT2D eigenvalue weighted by Gasteiger charge is 2.48. The summed E-state index contributed by atoms with van der Waals surface area (Å²) in [4.78, 5) is 10.8. The van der Waals surface area contributed by atoms with Crippen LogP contribution in [0.1, 0.15) is 11.1 Å². The summed E-state index contributed by atoms with van der Waals surface area (Å²) in [5.74, 6) is -0.936. The number of rotatable bonds is 1. The van der Waals surface area contributed by atoms with Gasteiger partial charge in [-0.3, -0.25) is 4.79 Å². The zero-order valence-corrected chi connectivity index (χ0v) is 12.2. The summed E-state index contributed by atoms with van der Waals surface area (Å²) in [5.41, 5.74) is 1.39. The van der Waals surface area contributed by atoms with E-state index in [-0.39, 0.29) is 5.02 Å². The molecule has 1 aliphatic rings. The van der Waals surface area contributed by atoms with Crippen molar-refractivity contribution in [3.8, 4) is 0 Å². The molecule has 0 bridgehead atoms. The lowest BCUT2D eigenvalue weighted by atomic mass is 9.91. The van der Waals surface area contributed by atoms with Crippen molar-refractivity contribution in [2.45, 2.75) is 4.87 Å². The Bertz CT molecular complexity index is 734. The zero-order valence-electron chi connectivity index (χ0n) is 9.88. The Morgan fingerprint density at radius 3 is 2.50 bits per heavy atom. The van der Waals surface area contributed by atoms with E-state index < -0.39 is 16.6 Å². The van der Waals surface area contributed by atoms with E-state index in [1.807, 2.05) is 0 Å². The number of anilines is 1. The molecule has 3 rings (SSSR count). The van der Waals surface area contributed by atoms with E-state index in [2.05, 4.69) is 5.32 Å². The molecule has 1 heterocycles. The molecular weight excluding hydrogens is 324 g/mol. The number of fused-ring (bicyclic) bond motifs is 1. The Labute approximate surface area is 129 Å². The molecule has 0 spiro atoms. The number of hydrogen-bond acceptors (Lipinski definition) is 1. The van der Waals surface area contributed by atoms with Gasteiger partial charge in [0, 0.05) is 26.9 Å². The summed E-state index contributed by atoms with van der Waals surface area (Å²) in [6.07, 6.45) is 0. The molecule has 102 valence electrons. The largest absolute Gasteiger partial charge is 0.324 e. The SMILES string of the molecule is O=C1Nc2ccc(Cl)cc2C1(Cl)c1ccc(F)cc1Cl. The molecule has 0 radical (unpaired) electrons. The first kappa shape index (κ1) is 13.7. The van der Waals surface area contributed by atoms with E-state index in [0.29, 0.717) is 21.8 Å². The number of hydrogen-bond donors (Lipinski definition) is 1. The Balaban J connectivity index is 2.27. The topological polar surface area (TPSA) is 29.1 Å². The first-order valence-electron chi connectivity index (χ1n) is 5.69. The van der Waals surface area contributed by atoms with Crippen molar-refractivity contribution in [2.75, 3.05) is 5.32 Å². The van der Waals surface area contributed by atoms with Crippen LogP contribution in [0, 0.1) is 5.82 Å². The maximum Gasteiger partial charge on any atom is 0.254 e. The highest BCUT2D eigenvalue weighted by Crippen LogP contribution is 2.48. The minimum absolute atomic E-state index is 0.0861. The molecule has 20 heavy (non-hydrogen) atoms. The van der Waals surface area contributed by atoms with Crippen LogP contribution in [0.2, 0.25) is 10.0 Å². The zero-order chi connectivity index (χ0) is 14.5. The van der Waals surface area contributed by atoms with Crippen LogP contribution in [0.5, 0.6) is 0 Å². The van der Waals surface area contributed by atoms with E-state index in [1.165, 1.54) is 12.1 Å². The number of benzene rings is 2. The van der Waals surface area contributed by atoms with Crippen LogP contribution in [-0.2, 0) is 9.67 Å². The first-order valence-corrected chi connectivity index (χ1v) is 6.82. The minimum atomic E-state index is -1.51. The number of amides is 1. The van der Waals surface area contributed by atoms with Crippen LogP contribution in [0.15, 0.2) is 36.4 Å². The summed E-state index contributed by atoms with van der Waals surface area (Å²) < 4.78 is 13.2. The van der Waals surface area contributed by atoms with Gasteiger partial charge in [-0.05, 0) is 30.3 Å². The normalized spacial score (nSPS) is 20.7. The number of carbonyl (C=O) groups is 1. The molecule has 1 atom stereocenters. The minimum Gasteiger partial charge on any atom is -0.324 e. The number of halogens is 4. The van der Waals surface area contributed by atoms with Crippen molar-refractivity contribution < 1.29 is 9.18 Å². The summed E-state index contributed by atoms with van der Waals surface area (Å²) in [7, 11) is 0. The quantitative estimate of drug-likeness (QED) is 0.763. The maximum absolute atomic E-state index is 13.2. The van der Waals surface area contributed by atoms with E-state index >= 15 is 0 Å². The predicted octanol–water partition coefficient (Wildman–Crippen LogP) is 4.57. The molecule has 2 nitrogen and oxygen atoms in total. The Kier molecular flexibility index (Phi) is 3.16. The number of alkyl halides is 1. The highest BCUT2D eigenvalue weighted by molar-refractivity contribution is 6.43. The van der Waals surface area contributed by atoms with E-state index in [0.717, 1.165) is 6.07 Å². The average Bonchev–Trinajstić information content (AvgIpc) is 2.63. The monoisotopic (exact) mass is 329 g/mol. The van der Waals surface area contributed by atoms with Gasteiger partial charge in [-0.15, -0.1) is 0 Å². The molecule has 6 heteroatoms. The van der Waals surface area contributed by atoms with Crippen LogP contribution < -0.4 is 5.32 Å². The molecule has 0 saturated carbocycles. The van der Waals surface area contributed by atoms with Crippen LogP contribution in [-0.4, -0.2) is 5.91 Å². The predicted molar refractivity (Wildman–Crippen MR) is 78.1 cm³/mol. The van der Waals surface area contributed by atoms with E-state index in [4.69, 9.17) is 34.8 Å². The Morgan fingerprint density at radius 2 is 1.80 bits per heavy atom. The molecule has 1 unspecified atom stereocenters. The maximum atomic E-state index is 13.2. The van der Waals surface area contributed by atoms with Gasteiger partial charge in [0.05, 0.1) is 0 Å². The van der Waals surface area contributed by atoms with Crippen LogP contribution in [0.4, 0.5) is 10.1 Å². The Morgan fingerprint density at radius 1 is 1.05 bits per heavy atom. The van der Waals surface area contributed by atoms with Gasteiger partial charge < -0.3 is 5.32 Å². The lowest BCUT2D eigenvalue weighted by Gasteiger charge is -2.21. The second-order valence-corrected chi connectivity index (χ2v) is 5.84. The molecule has 1 N–H and O–H groups in total. The van der Waals surface area contributed by atoms with Crippen LogP contribution in [0.3, 0.4) is 0 Å². The number of nitrogens with one attached hydrogen (secondary N) is 1. The van der Waals surface area contributed by atoms with Crippen molar-refractivity contribution in [1.82, 2.24) is 0 Å².